The molecule has 0 aliphatic heterocycles. The minimum Gasteiger partial charge on any atom is -0.301 e. The van der Waals surface area contributed by atoms with Gasteiger partial charge in [-0.3, -0.25) is 4.79 Å². The van der Waals surface area contributed by atoms with Gasteiger partial charge in [0.25, 0.3) is 0 Å². The minimum absolute atomic E-state index is 0.729. The van der Waals surface area contributed by atoms with Crippen molar-refractivity contribution in [2.45, 2.75) is 0 Å². The van der Waals surface area contributed by atoms with Crippen LogP contribution in [0.4, 0.5) is 11.4 Å². The largest absolute Gasteiger partial charge is 0.301 e. The number of para-hydroxylation sites is 2. The van der Waals surface area contributed by atoms with Crippen LogP contribution in [0, 0.1) is 0 Å². The van der Waals surface area contributed by atoms with Crippen LogP contribution in [0.1, 0.15) is 10.4 Å². The van der Waals surface area contributed by atoms with Gasteiger partial charge in [0.1, 0.15) is 6.29 Å². The number of hydrazine groups is 1. The van der Waals surface area contributed by atoms with Crippen molar-refractivity contribution in [3.05, 3.63) is 96.6 Å². The Kier molecular flexibility index (Phi) is 6.25. The Bertz CT molecular complexity index is 615. The summed E-state index contributed by atoms with van der Waals surface area (Å²) in [6, 6.07) is 29.1. The van der Waals surface area contributed by atoms with Crippen LogP contribution < -0.4 is 10.9 Å². The molecule has 0 unspecified atom stereocenters. The molecule has 0 atom stereocenters. The van der Waals surface area contributed by atoms with Crippen molar-refractivity contribution in [2.75, 3.05) is 10.9 Å². The zero-order chi connectivity index (χ0) is 15.5. The number of carbonyl (C=O) groups is 1. The molecule has 0 spiro atoms. The van der Waals surface area contributed by atoms with Crippen LogP contribution in [-0.4, -0.2) is 6.29 Å². The minimum atomic E-state index is 0.729. The van der Waals surface area contributed by atoms with Crippen LogP contribution in [0.5, 0.6) is 0 Å². The molecule has 110 valence electrons. The molecule has 0 bridgehead atoms. The quantitative estimate of drug-likeness (QED) is 0.544. The van der Waals surface area contributed by atoms with Crippen LogP contribution in [-0.2, 0) is 0 Å². The number of carbonyl (C=O) groups excluding carboxylic acids is 1. The fourth-order valence-corrected chi connectivity index (χ4v) is 1.72. The third-order valence-electron chi connectivity index (χ3n) is 2.83. The van der Waals surface area contributed by atoms with Gasteiger partial charge in [-0.15, -0.1) is 0 Å². The lowest BCUT2D eigenvalue weighted by Gasteiger charge is -2.08. The zero-order valence-corrected chi connectivity index (χ0v) is 12.1. The molecule has 0 saturated heterocycles. The highest BCUT2D eigenvalue weighted by Crippen LogP contribution is 2.08. The third kappa shape index (κ3) is 5.51. The summed E-state index contributed by atoms with van der Waals surface area (Å²) in [5, 5.41) is 0. The third-order valence-corrected chi connectivity index (χ3v) is 2.83. The molecule has 0 saturated carbocycles. The molecular weight excluding hydrogens is 272 g/mol. The predicted octanol–water partition coefficient (Wildman–Crippen LogP) is 4.62. The molecular formula is C19H18N2O. The van der Waals surface area contributed by atoms with Gasteiger partial charge in [-0.25, -0.2) is 0 Å². The Morgan fingerprint density at radius 3 is 1.23 bits per heavy atom. The first kappa shape index (κ1) is 15.3. The van der Waals surface area contributed by atoms with Crippen molar-refractivity contribution in [3.63, 3.8) is 0 Å². The molecule has 0 fully saturated rings. The lowest BCUT2D eigenvalue weighted by atomic mass is 10.2. The van der Waals surface area contributed by atoms with Crippen LogP contribution in [0.2, 0.25) is 0 Å². The molecule has 3 aromatic carbocycles. The Morgan fingerprint density at radius 1 is 0.545 bits per heavy atom. The molecule has 0 aromatic heterocycles. The summed E-state index contributed by atoms with van der Waals surface area (Å²) in [7, 11) is 0. The summed E-state index contributed by atoms with van der Waals surface area (Å²) >= 11 is 0. The SMILES string of the molecule is O=Cc1ccccc1.c1ccc(NNc2ccccc2)cc1. The van der Waals surface area contributed by atoms with E-state index in [0.717, 1.165) is 23.2 Å². The van der Waals surface area contributed by atoms with Crippen LogP contribution in [0.25, 0.3) is 0 Å². The fourth-order valence-electron chi connectivity index (χ4n) is 1.72. The van der Waals surface area contributed by atoms with Gasteiger partial charge >= 0.3 is 0 Å². The molecule has 3 aromatic rings. The molecule has 22 heavy (non-hydrogen) atoms. The topological polar surface area (TPSA) is 41.1 Å². The Labute approximate surface area is 130 Å². The second-order valence-electron chi connectivity index (χ2n) is 4.51. The number of benzene rings is 3. The summed E-state index contributed by atoms with van der Waals surface area (Å²) in [4.78, 5) is 10.0. The van der Waals surface area contributed by atoms with Gasteiger partial charge in [-0.05, 0) is 24.3 Å². The smallest absolute Gasteiger partial charge is 0.150 e. The molecule has 0 aliphatic rings. The molecule has 2 N–H and O–H groups in total. The van der Waals surface area contributed by atoms with E-state index in [1.807, 2.05) is 78.9 Å². The highest BCUT2D eigenvalue weighted by molar-refractivity contribution is 5.74. The Hall–Kier alpha value is -3.07. The van der Waals surface area contributed by atoms with E-state index < -0.39 is 0 Å². The maximum Gasteiger partial charge on any atom is 0.150 e. The van der Waals surface area contributed by atoms with E-state index in [2.05, 4.69) is 10.9 Å². The van der Waals surface area contributed by atoms with E-state index >= 15 is 0 Å². The van der Waals surface area contributed by atoms with E-state index in [1.165, 1.54) is 0 Å². The Morgan fingerprint density at radius 2 is 0.909 bits per heavy atom. The molecule has 0 aliphatic carbocycles. The molecule has 0 radical (unpaired) electrons. The molecule has 0 heterocycles. The molecule has 3 heteroatoms. The van der Waals surface area contributed by atoms with E-state index in [9.17, 15) is 4.79 Å². The summed E-state index contributed by atoms with van der Waals surface area (Å²) in [5.74, 6) is 0. The highest BCUT2D eigenvalue weighted by atomic mass is 16.1. The van der Waals surface area contributed by atoms with Crippen molar-refractivity contribution in [2.24, 2.45) is 0 Å². The van der Waals surface area contributed by atoms with E-state index in [0.29, 0.717) is 0 Å². The van der Waals surface area contributed by atoms with Gasteiger partial charge < -0.3 is 10.9 Å². The number of anilines is 2. The standard InChI is InChI=1S/C12H12N2.C7H6O/c1-3-7-11(8-4-1)13-14-12-9-5-2-6-10-12;8-6-7-4-2-1-3-5-7/h1-10,13-14H;1-6H. The molecule has 3 rings (SSSR count). The summed E-state index contributed by atoms with van der Waals surface area (Å²) in [6.45, 7) is 0. The first-order valence-electron chi connectivity index (χ1n) is 7.01. The highest BCUT2D eigenvalue weighted by Gasteiger charge is 1.88. The number of hydrogen-bond acceptors (Lipinski definition) is 3. The van der Waals surface area contributed by atoms with Gasteiger partial charge in [0.2, 0.25) is 0 Å². The lowest BCUT2D eigenvalue weighted by Crippen LogP contribution is -2.07. The fraction of sp³-hybridized carbons (Fsp3) is 0. The van der Waals surface area contributed by atoms with Crippen LogP contribution >= 0.6 is 0 Å². The maximum absolute atomic E-state index is 10.0. The number of nitrogens with one attached hydrogen (secondary N) is 2. The van der Waals surface area contributed by atoms with E-state index in [4.69, 9.17) is 0 Å². The van der Waals surface area contributed by atoms with Crippen LogP contribution in [0.15, 0.2) is 91.0 Å². The van der Waals surface area contributed by atoms with Crippen molar-refractivity contribution >= 4 is 17.7 Å². The van der Waals surface area contributed by atoms with Gasteiger partial charge in [-0.1, -0.05) is 66.7 Å². The van der Waals surface area contributed by atoms with Crippen molar-refractivity contribution in [3.8, 4) is 0 Å². The van der Waals surface area contributed by atoms with E-state index in [1.54, 1.807) is 12.1 Å². The molecule has 0 amide bonds. The van der Waals surface area contributed by atoms with Gasteiger partial charge in [0.05, 0.1) is 11.4 Å². The average Bonchev–Trinajstić information content (AvgIpc) is 2.63. The van der Waals surface area contributed by atoms with Gasteiger partial charge in [0.15, 0.2) is 0 Å². The maximum atomic E-state index is 10.0. The first-order chi connectivity index (χ1) is 10.9. The number of rotatable bonds is 4. The average molecular weight is 290 g/mol. The summed E-state index contributed by atoms with van der Waals surface area (Å²) in [5.41, 5.74) is 9.06. The molecule has 3 nitrogen and oxygen atoms in total. The zero-order valence-electron chi connectivity index (χ0n) is 12.1. The van der Waals surface area contributed by atoms with Gasteiger partial charge in [-0.2, -0.15) is 0 Å². The number of aldehydes is 1. The number of hydrogen-bond donors (Lipinski definition) is 2. The van der Waals surface area contributed by atoms with E-state index in [-0.39, 0.29) is 0 Å². The van der Waals surface area contributed by atoms with Crippen LogP contribution in [0.3, 0.4) is 0 Å². The van der Waals surface area contributed by atoms with Crippen molar-refractivity contribution in [1.29, 1.82) is 0 Å². The van der Waals surface area contributed by atoms with Crippen molar-refractivity contribution in [1.82, 2.24) is 0 Å². The monoisotopic (exact) mass is 290 g/mol. The summed E-state index contributed by atoms with van der Waals surface area (Å²) in [6.07, 6.45) is 0.833. The Balaban J connectivity index is 0.000000188. The predicted molar refractivity (Wildman–Crippen MR) is 92.0 cm³/mol. The van der Waals surface area contributed by atoms with Gasteiger partial charge in [0, 0.05) is 5.56 Å². The summed E-state index contributed by atoms with van der Waals surface area (Å²) < 4.78 is 0. The lowest BCUT2D eigenvalue weighted by molar-refractivity contribution is 0.112. The normalized spacial score (nSPS) is 9.09. The first-order valence-corrected chi connectivity index (χ1v) is 7.01. The van der Waals surface area contributed by atoms with Crippen molar-refractivity contribution < 1.29 is 4.79 Å². The second-order valence-corrected chi connectivity index (χ2v) is 4.51. The second kappa shape index (κ2) is 8.97.